The number of sulfone groups is 1. The van der Waals surface area contributed by atoms with Crippen LogP contribution in [0.1, 0.15) is 48.4 Å². The van der Waals surface area contributed by atoms with Crippen molar-refractivity contribution in [1.29, 1.82) is 0 Å². The fraction of sp³-hybridized carbons (Fsp3) is 0.257. The van der Waals surface area contributed by atoms with Gasteiger partial charge >= 0.3 is 12.1 Å². The molecule has 8 nitrogen and oxygen atoms in total. The number of amides is 1. The van der Waals surface area contributed by atoms with Crippen LogP contribution >= 0.6 is 11.6 Å². The average Bonchev–Trinajstić information content (AvgIpc) is 3.02. The van der Waals surface area contributed by atoms with Crippen LogP contribution in [0.4, 0.5) is 4.79 Å². The van der Waals surface area contributed by atoms with E-state index in [1.807, 2.05) is 6.07 Å². The third-order valence-corrected chi connectivity index (χ3v) is 8.98. The van der Waals surface area contributed by atoms with E-state index in [1.54, 1.807) is 87.5 Å². The lowest BCUT2D eigenvalue weighted by atomic mass is 10.0. The van der Waals surface area contributed by atoms with Gasteiger partial charge in [0.15, 0.2) is 0 Å². The molecule has 0 aliphatic rings. The summed E-state index contributed by atoms with van der Waals surface area (Å²) in [5.41, 5.74) is 2.57. The lowest BCUT2D eigenvalue weighted by molar-refractivity contribution is 0.0147. The highest BCUT2D eigenvalue weighted by molar-refractivity contribution is 7.91. The van der Waals surface area contributed by atoms with Crippen LogP contribution < -0.4 is 0 Å². The molecule has 0 saturated carbocycles. The van der Waals surface area contributed by atoms with Gasteiger partial charge in [-0.05, 0) is 98.0 Å². The second-order valence-corrected chi connectivity index (χ2v) is 13.9. The summed E-state index contributed by atoms with van der Waals surface area (Å²) in [6.45, 7) is 5.53. The molecule has 236 valence electrons. The molecule has 4 aromatic carbocycles. The summed E-state index contributed by atoms with van der Waals surface area (Å²) < 4.78 is 37.1. The largest absolute Gasteiger partial charge is 0.465 e. The number of carbonyl (C=O) groups is 2. The minimum absolute atomic E-state index is 0.00923. The van der Waals surface area contributed by atoms with Gasteiger partial charge in [-0.2, -0.15) is 0 Å². The Morgan fingerprint density at radius 2 is 1.49 bits per heavy atom. The lowest BCUT2D eigenvalue weighted by Gasteiger charge is -2.29. The molecule has 0 spiro atoms. The van der Waals surface area contributed by atoms with Crippen LogP contribution in [0, 0.1) is 0 Å². The van der Waals surface area contributed by atoms with Gasteiger partial charge in [-0.3, -0.25) is 0 Å². The number of carbonyl (C=O) groups excluding carboxylic acids is 2. The molecule has 0 unspecified atom stereocenters. The molecule has 0 aromatic heterocycles. The molecule has 4 rings (SSSR count). The van der Waals surface area contributed by atoms with Gasteiger partial charge in [-0.15, -0.1) is 0 Å². The number of rotatable bonds is 10. The molecular formula is C35H36ClNO7S. The maximum absolute atomic E-state index is 13.4. The lowest BCUT2D eigenvalue weighted by Crippen LogP contribution is -2.40. The van der Waals surface area contributed by atoms with Crippen molar-refractivity contribution >= 4 is 33.5 Å². The molecular weight excluding hydrogens is 614 g/mol. The van der Waals surface area contributed by atoms with Crippen molar-refractivity contribution in [3.63, 3.8) is 0 Å². The number of aliphatic hydroxyl groups excluding tert-OH is 1. The third kappa shape index (κ3) is 8.94. The molecule has 0 bridgehead atoms. The molecule has 45 heavy (non-hydrogen) atoms. The van der Waals surface area contributed by atoms with E-state index in [-0.39, 0.29) is 22.9 Å². The number of hydrogen-bond acceptors (Lipinski definition) is 7. The minimum atomic E-state index is -3.80. The Bertz CT molecular complexity index is 1750. The number of ether oxygens (including phenoxy) is 2. The summed E-state index contributed by atoms with van der Waals surface area (Å²) in [5, 5.41) is 11.3. The molecule has 1 N–H and O–H groups in total. The standard InChI is InChI=1S/C35H36ClNO7S/c1-35(2,3)44-34(40)37(23-32(38)27-8-6-10-29(36)22-27)20-19-24-11-15-30(16-12-24)45(41,42)31-17-13-25(14-18-31)26-7-5-9-28(21-26)33(39)43-4/h5-18,21-22,32,38H,19-20,23H2,1-4H3/t32-/m0/s1. The minimum Gasteiger partial charge on any atom is -0.465 e. The molecule has 1 amide bonds. The Balaban J connectivity index is 1.46. The van der Waals surface area contributed by atoms with Crippen LogP contribution in [0.5, 0.6) is 0 Å². The highest BCUT2D eigenvalue weighted by Gasteiger charge is 2.25. The molecule has 0 radical (unpaired) electrons. The van der Waals surface area contributed by atoms with E-state index in [0.29, 0.717) is 22.6 Å². The second-order valence-electron chi connectivity index (χ2n) is 11.5. The molecule has 0 aliphatic carbocycles. The van der Waals surface area contributed by atoms with E-state index in [9.17, 15) is 23.1 Å². The van der Waals surface area contributed by atoms with Crippen molar-refractivity contribution in [2.75, 3.05) is 20.2 Å². The van der Waals surface area contributed by atoms with Crippen molar-refractivity contribution < 1.29 is 32.6 Å². The Morgan fingerprint density at radius 3 is 2.09 bits per heavy atom. The Morgan fingerprint density at radius 1 is 0.867 bits per heavy atom. The first kappa shape index (κ1) is 33.7. The van der Waals surface area contributed by atoms with E-state index in [1.165, 1.54) is 36.3 Å². The summed E-state index contributed by atoms with van der Waals surface area (Å²) in [4.78, 5) is 26.6. The van der Waals surface area contributed by atoms with Gasteiger partial charge in [0.05, 0.1) is 35.1 Å². The SMILES string of the molecule is COC(=O)c1cccc(-c2ccc(S(=O)(=O)c3ccc(CCN(C[C@H](O)c4cccc(Cl)c4)C(=O)OC(C)(C)C)cc3)cc2)c1. The topological polar surface area (TPSA) is 110 Å². The van der Waals surface area contributed by atoms with E-state index < -0.39 is 33.6 Å². The van der Waals surface area contributed by atoms with Crippen LogP contribution in [0.3, 0.4) is 0 Å². The third-order valence-electron chi connectivity index (χ3n) is 6.96. The fourth-order valence-electron chi connectivity index (χ4n) is 4.62. The smallest absolute Gasteiger partial charge is 0.410 e. The van der Waals surface area contributed by atoms with E-state index in [4.69, 9.17) is 21.1 Å². The van der Waals surface area contributed by atoms with Crippen LogP contribution in [0.25, 0.3) is 11.1 Å². The molecule has 1 atom stereocenters. The molecule has 0 saturated heterocycles. The first-order valence-corrected chi connectivity index (χ1v) is 16.2. The van der Waals surface area contributed by atoms with Crippen LogP contribution in [0.15, 0.2) is 107 Å². The number of nitrogens with zero attached hydrogens (tertiary/aromatic N) is 1. The van der Waals surface area contributed by atoms with Gasteiger partial charge in [0.1, 0.15) is 5.60 Å². The highest BCUT2D eigenvalue weighted by atomic mass is 35.5. The summed E-state index contributed by atoms with van der Waals surface area (Å²) in [5.74, 6) is -0.452. The molecule has 10 heteroatoms. The first-order valence-electron chi connectivity index (χ1n) is 14.3. The predicted octanol–water partition coefficient (Wildman–Crippen LogP) is 7.14. The summed E-state index contributed by atoms with van der Waals surface area (Å²) in [7, 11) is -2.48. The van der Waals surface area contributed by atoms with E-state index >= 15 is 0 Å². The molecule has 0 aliphatic heterocycles. The summed E-state index contributed by atoms with van der Waals surface area (Å²) in [6.07, 6.45) is -1.14. The molecule has 4 aromatic rings. The number of benzene rings is 4. The number of hydrogen-bond donors (Lipinski definition) is 1. The van der Waals surface area contributed by atoms with Crippen LogP contribution in [0.2, 0.25) is 5.02 Å². The quantitative estimate of drug-likeness (QED) is 0.182. The summed E-state index contributed by atoms with van der Waals surface area (Å²) in [6, 6.07) is 26.7. The monoisotopic (exact) mass is 649 g/mol. The van der Waals surface area contributed by atoms with Crippen molar-refractivity contribution in [2.45, 2.75) is 48.7 Å². The number of halogens is 1. The van der Waals surface area contributed by atoms with Crippen molar-refractivity contribution in [1.82, 2.24) is 4.90 Å². The van der Waals surface area contributed by atoms with Gasteiger partial charge < -0.3 is 19.5 Å². The predicted molar refractivity (Wildman–Crippen MR) is 173 cm³/mol. The van der Waals surface area contributed by atoms with Crippen molar-refractivity contribution in [3.05, 3.63) is 119 Å². The normalized spacial score (nSPS) is 12.3. The Labute approximate surface area is 269 Å². The number of esters is 1. The second kappa shape index (κ2) is 14.3. The van der Waals surface area contributed by atoms with Gasteiger partial charge in [0.25, 0.3) is 0 Å². The first-order chi connectivity index (χ1) is 21.3. The summed E-state index contributed by atoms with van der Waals surface area (Å²) >= 11 is 6.08. The van der Waals surface area contributed by atoms with Crippen LogP contribution in [-0.4, -0.2) is 56.3 Å². The zero-order valence-electron chi connectivity index (χ0n) is 25.6. The maximum atomic E-state index is 13.4. The van der Waals surface area contributed by atoms with Crippen molar-refractivity contribution in [3.8, 4) is 11.1 Å². The van der Waals surface area contributed by atoms with E-state index in [0.717, 1.165) is 16.7 Å². The number of aliphatic hydroxyl groups is 1. The zero-order valence-corrected chi connectivity index (χ0v) is 27.1. The maximum Gasteiger partial charge on any atom is 0.410 e. The zero-order chi connectivity index (χ0) is 32.8. The van der Waals surface area contributed by atoms with Gasteiger partial charge in [0.2, 0.25) is 9.84 Å². The van der Waals surface area contributed by atoms with Gasteiger partial charge in [0, 0.05) is 11.6 Å². The van der Waals surface area contributed by atoms with E-state index in [2.05, 4.69) is 0 Å². The Kier molecular flexibility index (Phi) is 10.7. The number of methoxy groups -OCH3 is 1. The molecule has 0 fully saturated rings. The highest BCUT2D eigenvalue weighted by Crippen LogP contribution is 2.27. The van der Waals surface area contributed by atoms with Crippen LogP contribution in [-0.2, 0) is 25.7 Å². The molecule has 0 heterocycles. The van der Waals surface area contributed by atoms with Gasteiger partial charge in [-0.25, -0.2) is 18.0 Å². The Hall–Kier alpha value is -4.18. The average molecular weight is 650 g/mol. The fourth-order valence-corrected chi connectivity index (χ4v) is 6.08. The van der Waals surface area contributed by atoms with Gasteiger partial charge in [-0.1, -0.05) is 60.1 Å². The van der Waals surface area contributed by atoms with Crippen molar-refractivity contribution in [2.24, 2.45) is 0 Å².